The predicted molar refractivity (Wildman–Crippen MR) is 85.9 cm³/mol. The van der Waals surface area contributed by atoms with E-state index in [1.165, 1.54) is 24.2 Å². The second-order valence-electron chi connectivity index (χ2n) is 5.18. The van der Waals surface area contributed by atoms with Gasteiger partial charge in [0.25, 0.3) is 5.91 Å². The third kappa shape index (κ3) is 3.39. The fourth-order valence-electron chi connectivity index (χ4n) is 2.55. The molecule has 1 aliphatic carbocycles. The SMILES string of the molecule is COc1ccc(C(=O)Nc2nccs2)cc1OC1CCCC1. The van der Waals surface area contributed by atoms with Crippen LogP contribution < -0.4 is 14.8 Å². The highest BCUT2D eigenvalue weighted by Crippen LogP contribution is 2.32. The van der Waals surface area contributed by atoms with E-state index in [2.05, 4.69) is 10.3 Å². The molecule has 0 aliphatic heterocycles. The normalized spacial score (nSPS) is 14.8. The first kappa shape index (κ1) is 14.8. The Kier molecular flexibility index (Phi) is 4.58. The quantitative estimate of drug-likeness (QED) is 0.912. The molecule has 0 atom stereocenters. The molecule has 1 fully saturated rings. The molecule has 0 unspecified atom stereocenters. The molecule has 1 aromatic carbocycles. The number of ether oxygens (including phenoxy) is 2. The molecule has 1 aromatic heterocycles. The van der Waals surface area contributed by atoms with E-state index < -0.39 is 0 Å². The van der Waals surface area contributed by atoms with Crippen molar-refractivity contribution in [2.75, 3.05) is 12.4 Å². The van der Waals surface area contributed by atoms with Gasteiger partial charge in [-0.1, -0.05) is 0 Å². The van der Waals surface area contributed by atoms with Crippen LogP contribution in [0.2, 0.25) is 0 Å². The maximum absolute atomic E-state index is 12.3. The van der Waals surface area contributed by atoms with Crippen molar-refractivity contribution in [3.05, 3.63) is 35.3 Å². The van der Waals surface area contributed by atoms with Gasteiger partial charge in [-0.15, -0.1) is 11.3 Å². The summed E-state index contributed by atoms with van der Waals surface area (Å²) >= 11 is 1.38. The highest BCUT2D eigenvalue weighted by Gasteiger charge is 2.19. The topological polar surface area (TPSA) is 60.5 Å². The molecule has 0 radical (unpaired) electrons. The number of thiazole rings is 1. The first-order valence-corrected chi connectivity index (χ1v) is 8.20. The summed E-state index contributed by atoms with van der Waals surface area (Å²) in [6.45, 7) is 0. The number of benzene rings is 1. The van der Waals surface area contributed by atoms with Crippen molar-refractivity contribution in [2.24, 2.45) is 0 Å². The van der Waals surface area contributed by atoms with Crippen molar-refractivity contribution in [3.63, 3.8) is 0 Å². The van der Waals surface area contributed by atoms with Crippen molar-refractivity contribution >= 4 is 22.4 Å². The van der Waals surface area contributed by atoms with E-state index in [-0.39, 0.29) is 12.0 Å². The van der Waals surface area contributed by atoms with Gasteiger partial charge in [0.05, 0.1) is 13.2 Å². The molecule has 3 rings (SSSR count). The van der Waals surface area contributed by atoms with Gasteiger partial charge in [-0.05, 0) is 43.9 Å². The summed E-state index contributed by atoms with van der Waals surface area (Å²) in [7, 11) is 1.60. The lowest BCUT2D eigenvalue weighted by Crippen LogP contribution is -2.14. The number of carbonyl (C=O) groups excluding carboxylic acids is 1. The zero-order chi connectivity index (χ0) is 15.4. The Hall–Kier alpha value is -2.08. The van der Waals surface area contributed by atoms with Crippen LogP contribution in [0.25, 0.3) is 0 Å². The molecular weight excluding hydrogens is 300 g/mol. The number of methoxy groups -OCH3 is 1. The number of amides is 1. The lowest BCUT2D eigenvalue weighted by molar-refractivity contribution is 0.102. The Morgan fingerprint density at radius 3 is 2.82 bits per heavy atom. The van der Waals surface area contributed by atoms with Crippen LogP contribution in [0.1, 0.15) is 36.0 Å². The van der Waals surface area contributed by atoms with Gasteiger partial charge in [0.2, 0.25) is 0 Å². The van der Waals surface area contributed by atoms with Crippen LogP contribution in [0, 0.1) is 0 Å². The lowest BCUT2D eigenvalue weighted by atomic mass is 10.2. The van der Waals surface area contributed by atoms with Crippen molar-refractivity contribution in [3.8, 4) is 11.5 Å². The molecular formula is C16H18N2O3S. The van der Waals surface area contributed by atoms with E-state index in [0.717, 1.165) is 12.8 Å². The molecule has 1 heterocycles. The highest BCUT2D eigenvalue weighted by atomic mass is 32.1. The van der Waals surface area contributed by atoms with Crippen molar-refractivity contribution in [1.82, 2.24) is 4.98 Å². The van der Waals surface area contributed by atoms with E-state index in [4.69, 9.17) is 9.47 Å². The summed E-state index contributed by atoms with van der Waals surface area (Å²) in [5.74, 6) is 1.08. The number of nitrogens with one attached hydrogen (secondary N) is 1. The van der Waals surface area contributed by atoms with E-state index >= 15 is 0 Å². The average Bonchev–Trinajstić information content (AvgIpc) is 3.21. The zero-order valence-corrected chi connectivity index (χ0v) is 13.2. The molecule has 0 spiro atoms. The summed E-state index contributed by atoms with van der Waals surface area (Å²) in [4.78, 5) is 16.3. The third-order valence-corrected chi connectivity index (χ3v) is 4.36. The van der Waals surface area contributed by atoms with E-state index in [0.29, 0.717) is 22.2 Å². The number of carbonyl (C=O) groups is 1. The first-order valence-electron chi connectivity index (χ1n) is 7.32. The molecule has 6 heteroatoms. The number of hydrogen-bond donors (Lipinski definition) is 1. The number of rotatable bonds is 5. The fourth-order valence-corrected chi connectivity index (χ4v) is 3.07. The van der Waals surface area contributed by atoms with Gasteiger partial charge in [0.15, 0.2) is 16.6 Å². The van der Waals surface area contributed by atoms with Gasteiger partial charge in [-0.3, -0.25) is 10.1 Å². The largest absolute Gasteiger partial charge is 0.493 e. The van der Waals surface area contributed by atoms with Crippen LogP contribution in [0.3, 0.4) is 0 Å². The van der Waals surface area contributed by atoms with Gasteiger partial charge < -0.3 is 9.47 Å². The molecule has 1 saturated carbocycles. The van der Waals surface area contributed by atoms with Gasteiger partial charge in [-0.25, -0.2) is 4.98 Å². The number of aromatic nitrogens is 1. The lowest BCUT2D eigenvalue weighted by Gasteiger charge is -2.16. The van der Waals surface area contributed by atoms with Crippen LogP contribution in [0.5, 0.6) is 11.5 Å². The van der Waals surface area contributed by atoms with E-state index in [1.807, 2.05) is 5.38 Å². The van der Waals surface area contributed by atoms with Gasteiger partial charge in [-0.2, -0.15) is 0 Å². The van der Waals surface area contributed by atoms with Crippen molar-refractivity contribution < 1.29 is 14.3 Å². The molecule has 116 valence electrons. The Bertz CT molecular complexity index is 637. The first-order chi connectivity index (χ1) is 10.8. The molecule has 0 bridgehead atoms. The Labute approximate surface area is 133 Å². The maximum atomic E-state index is 12.3. The van der Waals surface area contributed by atoms with Crippen LogP contribution in [0.15, 0.2) is 29.8 Å². The van der Waals surface area contributed by atoms with Crippen LogP contribution in [-0.4, -0.2) is 24.1 Å². The summed E-state index contributed by atoms with van der Waals surface area (Å²) in [5, 5.41) is 5.17. The van der Waals surface area contributed by atoms with Crippen LogP contribution >= 0.6 is 11.3 Å². The monoisotopic (exact) mass is 318 g/mol. The highest BCUT2D eigenvalue weighted by molar-refractivity contribution is 7.13. The fraction of sp³-hybridized carbons (Fsp3) is 0.375. The summed E-state index contributed by atoms with van der Waals surface area (Å²) in [6, 6.07) is 5.23. The van der Waals surface area contributed by atoms with Gasteiger partial charge in [0, 0.05) is 17.1 Å². The second-order valence-corrected chi connectivity index (χ2v) is 6.08. The minimum Gasteiger partial charge on any atom is -0.493 e. The smallest absolute Gasteiger partial charge is 0.257 e. The van der Waals surface area contributed by atoms with Gasteiger partial charge >= 0.3 is 0 Å². The minimum atomic E-state index is -0.200. The molecule has 2 aromatic rings. The predicted octanol–water partition coefficient (Wildman–Crippen LogP) is 3.73. The molecule has 1 N–H and O–H groups in total. The summed E-state index contributed by atoms with van der Waals surface area (Å²) < 4.78 is 11.3. The minimum absolute atomic E-state index is 0.200. The van der Waals surface area contributed by atoms with Crippen molar-refractivity contribution in [1.29, 1.82) is 0 Å². The average molecular weight is 318 g/mol. The number of anilines is 1. The Morgan fingerprint density at radius 2 is 2.14 bits per heavy atom. The standard InChI is InChI=1S/C16H18N2O3S/c1-20-13-7-6-11(15(19)18-16-17-8-9-22-16)10-14(13)21-12-4-2-3-5-12/h6-10,12H,2-5H2,1H3,(H,17,18,19). The Balaban J connectivity index is 1.77. The summed E-state index contributed by atoms with van der Waals surface area (Å²) in [6.07, 6.45) is 6.36. The van der Waals surface area contributed by atoms with Crippen molar-refractivity contribution in [2.45, 2.75) is 31.8 Å². The van der Waals surface area contributed by atoms with E-state index in [1.54, 1.807) is 31.5 Å². The molecule has 5 nitrogen and oxygen atoms in total. The zero-order valence-electron chi connectivity index (χ0n) is 12.4. The number of nitrogens with zero attached hydrogens (tertiary/aromatic N) is 1. The molecule has 22 heavy (non-hydrogen) atoms. The molecule has 1 amide bonds. The third-order valence-electron chi connectivity index (χ3n) is 3.67. The molecule has 0 saturated heterocycles. The van der Waals surface area contributed by atoms with E-state index in [9.17, 15) is 4.79 Å². The Morgan fingerprint density at radius 1 is 1.32 bits per heavy atom. The maximum Gasteiger partial charge on any atom is 0.257 e. The van der Waals surface area contributed by atoms with Gasteiger partial charge in [0.1, 0.15) is 0 Å². The molecule has 1 aliphatic rings. The summed E-state index contributed by atoms with van der Waals surface area (Å²) in [5.41, 5.74) is 0.531. The van der Waals surface area contributed by atoms with Crippen LogP contribution in [-0.2, 0) is 0 Å². The second kappa shape index (κ2) is 6.79. The van der Waals surface area contributed by atoms with Crippen LogP contribution in [0.4, 0.5) is 5.13 Å². The number of hydrogen-bond acceptors (Lipinski definition) is 5.